The molecule has 0 amide bonds. The van der Waals surface area contributed by atoms with Gasteiger partial charge in [0.1, 0.15) is 0 Å². The number of benzene rings is 1. The molecule has 20 heavy (non-hydrogen) atoms. The maximum Gasteiger partial charge on any atom is 0.0545 e. The molecule has 0 atom stereocenters. The van der Waals surface area contributed by atoms with Crippen molar-refractivity contribution in [3.05, 3.63) is 54.4 Å². The second-order valence-electron chi connectivity index (χ2n) is 5.18. The molecule has 104 valence electrons. The highest BCUT2D eigenvalue weighted by atomic mass is 15.3. The molecular weight excluding hydrogens is 248 g/mol. The Labute approximate surface area is 119 Å². The number of piperazine rings is 1. The third kappa shape index (κ3) is 3.08. The number of hydrogen-bond donors (Lipinski definition) is 1. The summed E-state index contributed by atoms with van der Waals surface area (Å²) in [5, 5.41) is 0. The minimum absolute atomic E-state index is 0.725. The van der Waals surface area contributed by atoms with Crippen LogP contribution in [0.3, 0.4) is 0 Å². The highest BCUT2D eigenvalue weighted by Crippen LogP contribution is 2.16. The van der Waals surface area contributed by atoms with Crippen LogP contribution in [0.5, 0.6) is 0 Å². The van der Waals surface area contributed by atoms with Crippen LogP contribution in [-0.4, -0.2) is 36.1 Å². The van der Waals surface area contributed by atoms with E-state index in [1.807, 2.05) is 12.1 Å². The third-order valence-electron chi connectivity index (χ3n) is 3.73. The van der Waals surface area contributed by atoms with Gasteiger partial charge in [0.25, 0.3) is 0 Å². The van der Waals surface area contributed by atoms with E-state index in [4.69, 9.17) is 5.73 Å². The molecule has 1 aromatic heterocycles. The van der Waals surface area contributed by atoms with Gasteiger partial charge in [-0.15, -0.1) is 0 Å². The topological polar surface area (TPSA) is 45.4 Å². The lowest BCUT2D eigenvalue weighted by atomic mass is 10.2. The van der Waals surface area contributed by atoms with Crippen LogP contribution in [0.25, 0.3) is 0 Å². The maximum atomic E-state index is 5.66. The van der Waals surface area contributed by atoms with E-state index >= 15 is 0 Å². The molecule has 2 heterocycles. The molecule has 1 aliphatic rings. The Hall–Kier alpha value is -2.07. The van der Waals surface area contributed by atoms with Gasteiger partial charge in [0.15, 0.2) is 0 Å². The molecule has 4 nitrogen and oxygen atoms in total. The fourth-order valence-electron chi connectivity index (χ4n) is 2.56. The van der Waals surface area contributed by atoms with Gasteiger partial charge in [-0.05, 0) is 24.3 Å². The molecule has 1 aliphatic heterocycles. The SMILES string of the molecule is Nc1ccc(CN2CCN(c3ccccc3)CC2)nc1. The second kappa shape index (κ2) is 5.92. The molecule has 0 bridgehead atoms. The lowest BCUT2D eigenvalue weighted by molar-refractivity contribution is 0.247. The van der Waals surface area contributed by atoms with Crippen LogP contribution < -0.4 is 10.6 Å². The first-order chi connectivity index (χ1) is 9.81. The summed E-state index contributed by atoms with van der Waals surface area (Å²) >= 11 is 0. The molecule has 0 aliphatic carbocycles. The Morgan fingerprint density at radius 2 is 1.70 bits per heavy atom. The molecule has 0 radical (unpaired) electrons. The average molecular weight is 268 g/mol. The summed E-state index contributed by atoms with van der Waals surface area (Å²) in [5.74, 6) is 0. The van der Waals surface area contributed by atoms with Gasteiger partial charge in [-0.3, -0.25) is 9.88 Å². The number of anilines is 2. The number of hydrogen-bond acceptors (Lipinski definition) is 4. The molecule has 2 N–H and O–H groups in total. The van der Waals surface area contributed by atoms with E-state index in [0.29, 0.717) is 0 Å². The third-order valence-corrected chi connectivity index (χ3v) is 3.73. The molecule has 1 fully saturated rings. The van der Waals surface area contributed by atoms with Crippen molar-refractivity contribution in [1.82, 2.24) is 9.88 Å². The number of pyridine rings is 1. The number of rotatable bonds is 3. The minimum atomic E-state index is 0.725. The number of para-hydroxylation sites is 1. The van der Waals surface area contributed by atoms with Crippen molar-refractivity contribution >= 4 is 11.4 Å². The van der Waals surface area contributed by atoms with Crippen molar-refractivity contribution in [1.29, 1.82) is 0 Å². The van der Waals surface area contributed by atoms with Crippen LogP contribution in [0.1, 0.15) is 5.69 Å². The zero-order valence-electron chi connectivity index (χ0n) is 11.6. The molecule has 0 unspecified atom stereocenters. The normalized spacial score (nSPS) is 16.3. The van der Waals surface area contributed by atoms with Gasteiger partial charge in [-0.25, -0.2) is 0 Å². The lowest BCUT2D eigenvalue weighted by Crippen LogP contribution is -2.46. The van der Waals surface area contributed by atoms with Crippen molar-refractivity contribution in [3.8, 4) is 0 Å². The van der Waals surface area contributed by atoms with Crippen molar-refractivity contribution in [3.63, 3.8) is 0 Å². The number of nitrogens with two attached hydrogens (primary N) is 1. The highest BCUT2D eigenvalue weighted by Gasteiger charge is 2.17. The lowest BCUT2D eigenvalue weighted by Gasteiger charge is -2.35. The molecule has 2 aromatic rings. The van der Waals surface area contributed by atoms with Crippen LogP contribution in [0.4, 0.5) is 11.4 Å². The largest absolute Gasteiger partial charge is 0.397 e. The summed E-state index contributed by atoms with van der Waals surface area (Å²) in [5.41, 5.74) is 8.79. The first-order valence-corrected chi connectivity index (χ1v) is 7.04. The summed E-state index contributed by atoms with van der Waals surface area (Å²) in [6.07, 6.45) is 1.73. The Kier molecular flexibility index (Phi) is 3.83. The predicted octanol–water partition coefficient (Wildman–Crippen LogP) is 1.99. The molecule has 1 saturated heterocycles. The van der Waals surface area contributed by atoms with Crippen molar-refractivity contribution in [2.24, 2.45) is 0 Å². The van der Waals surface area contributed by atoms with E-state index in [1.165, 1.54) is 5.69 Å². The average Bonchev–Trinajstić information content (AvgIpc) is 2.51. The first-order valence-electron chi connectivity index (χ1n) is 7.04. The van der Waals surface area contributed by atoms with E-state index < -0.39 is 0 Å². The van der Waals surface area contributed by atoms with Gasteiger partial charge in [-0.1, -0.05) is 18.2 Å². The molecule has 0 spiro atoms. The second-order valence-corrected chi connectivity index (χ2v) is 5.18. The zero-order chi connectivity index (χ0) is 13.8. The zero-order valence-corrected chi connectivity index (χ0v) is 11.6. The Balaban J connectivity index is 1.55. The number of nitrogens with zero attached hydrogens (tertiary/aromatic N) is 3. The maximum absolute atomic E-state index is 5.66. The molecule has 4 heteroatoms. The number of nitrogen functional groups attached to an aromatic ring is 1. The minimum Gasteiger partial charge on any atom is -0.397 e. The summed E-state index contributed by atoms with van der Waals surface area (Å²) in [4.78, 5) is 9.25. The fraction of sp³-hybridized carbons (Fsp3) is 0.312. The summed E-state index contributed by atoms with van der Waals surface area (Å²) in [6.45, 7) is 5.18. The van der Waals surface area contributed by atoms with Gasteiger partial charge in [0, 0.05) is 38.4 Å². The summed E-state index contributed by atoms with van der Waals surface area (Å²) < 4.78 is 0. The molecule has 1 aromatic carbocycles. The first kappa shape index (κ1) is 12.9. The van der Waals surface area contributed by atoms with E-state index in [0.717, 1.165) is 44.1 Å². The van der Waals surface area contributed by atoms with Crippen LogP contribution in [0.2, 0.25) is 0 Å². The fourth-order valence-corrected chi connectivity index (χ4v) is 2.56. The quantitative estimate of drug-likeness (QED) is 0.924. The summed E-state index contributed by atoms with van der Waals surface area (Å²) in [7, 11) is 0. The van der Waals surface area contributed by atoms with E-state index in [1.54, 1.807) is 6.20 Å². The van der Waals surface area contributed by atoms with Crippen LogP contribution in [0, 0.1) is 0 Å². The van der Waals surface area contributed by atoms with E-state index in [2.05, 4.69) is 45.1 Å². The Morgan fingerprint density at radius 3 is 2.35 bits per heavy atom. The van der Waals surface area contributed by atoms with Crippen molar-refractivity contribution in [2.75, 3.05) is 36.8 Å². The van der Waals surface area contributed by atoms with Crippen molar-refractivity contribution in [2.45, 2.75) is 6.54 Å². The standard InChI is InChI=1S/C16H20N4/c17-14-6-7-15(18-12-14)13-19-8-10-20(11-9-19)16-4-2-1-3-5-16/h1-7,12H,8-11,13,17H2. The van der Waals surface area contributed by atoms with Crippen LogP contribution in [0.15, 0.2) is 48.7 Å². The summed E-state index contributed by atoms with van der Waals surface area (Å²) in [6, 6.07) is 14.5. The van der Waals surface area contributed by atoms with Gasteiger partial charge >= 0.3 is 0 Å². The van der Waals surface area contributed by atoms with Gasteiger partial charge in [0.2, 0.25) is 0 Å². The number of aromatic nitrogens is 1. The van der Waals surface area contributed by atoms with E-state index in [-0.39, 0.29) is 0 Å². The molecular formula is C16H20N4. The van der Waals surface area contributed by atoms with Gasteiger partial charge in [-0.2, -0.15) is 0 Å². The van der Waals surface area contributed by atoms with Crippen LogP contribution >= 0.6 is 0 Å². The smallest absolute Gasteiger partial charge is 0.0545 e. The van der Waals surface area contributed by atoms with Crippen LogP contribution in [-0.2, 0) is 6.54 Å². The Morgan fingerprint density at radius 1 is 0.950 bits per heavy atom. The highest BCUT2D eigenvalue weighted by molar-refractivity contribution is 5.46. The van der Waals surface area contributed by atoms with E-state index in [9.17, 15) is 0 Å². The molecule has 0 saturated carbocycles. The Bertz CT molecular complexity index is 530. The predicted molar refractivity (Wildman–Crippen MR) is 82.6 cm³/mol. The molecule has 3 rings (SSSR count). The van der Waals surface area contributed by atoms with Gasteiger partial charge in [0.05, 0.1) is 17.6 Å². The monoisotopic (exact) mass is 268 g/mol. The van der Waals surface area contributed by atoms with Gasteiger partial charge < -0.3 is 10.6 Å². The van der Waals surface area contributed by atoms with Crippen molar-refractivity contribution < 1.29 is 0 Å².